The molecule has 0 heterocycles. The van der Waals surface area contributed by atoms with Crippen molar-refractivity contribution in [2.24, 2.45) is 17.8 Å². The zero-order valence-corrected chi connectivity index (χ0v) is 29.7. The molecule has 3 amide bonds. The molecular formula is C41H54N4O4. The highest BCUT2D eigenvalue weighted by atomic mass is 16.3. The first-order chi connectivity index (χ1) is 23.6. The van der Waals surface area contributed by atoms with Crippen molar-refractivity contribution in [1.82, 2.24) is 21.3 Å². The Labute approximate surface area is 291 Å². The summed E-state index contributed by atoms with van der Waals surface area (Å²) in [5.74, 6) is -0.932. The highest BCUT2D eigenvalue weighted by molar-refractivity contribution is 5.91. The molecule has 4 atom stereocenters. The first-order valence-electron chi connectivity index (χ1n) is 17.8. The fraction of sp³-hybridized carbons (Fsp3) is 0.439. The smallest absolute Gasteiger partial charge is 0.257 e. The third-order valence-electron chi connectivity index (χ3n) is 9.28. The molecule has 0 aromatic heterocycles. The molecule has 0 aliphatic carbocycles. The van der Waals surface area contributed by atoms with Crippen LogP contribution in [0.2, 0.25) is 0 Å². The largest absolute Gasteiger partial charge is 0.390 e. The van der Waals surface area contributed by atoms with Crippen LogP contribution in [0.15, 0.2) is 84.9 Å². The molecule has 8 nitrogen and oxygen atoms in total. The minimum absolute atomic E-state index is 0.121. The number of carbonyl (C=O) groups is 3. The molecule has 0 spiro atoms. The number of fused-ring (bicyclic) bond motifs is 2. The van der Waals surface area contributed by atoms with Gasteiger partial charge in [-0.25, -0.2) is 0 Å². The van der Waals surface area contributed by atoms with Crippen molar-refractivity contribution in [2.75, 3.05) is 13.1 Å². The van der Waals surface area contributed by atoms with E-state index in [1.165, 1.54) is 0 Å². The number of likely N-dealkylation sites (N-methyl/N-ethyl adjacent to an activating group) is 1. The van der Waals surface area contributed by atoms with Gasteiger partial charge in [0.15, 0.2) is 6.17 Å². The molecule has 0 fully saturated rings. The van der Waals surface area contributed by atoms with Crippen LogP contribution in [0, 0.1) is 17.8 Å². The van der Waals surface area contributed by atoms with Crippen LogP contribution in [0.3, 0.4) is 0 Å². The highest BCUT2D eigenvalue weighted by Gasteiger charge is 2.30. The van der Waals surface area contributed by atoms with E-state index in [2.05, 4.69) is 83.6 Å². The predicted octanol–water partition coefficient (Wildman–Crippen LogP) is 5.89. The summed E-state index contributed by atoms with van der Waals surface area (Å²) < 4.78 is 0. The van der Waals surface area contributed by atoms with Crippen molar-refractivity contribution in [2.45, 2.75) is 85.0 Å². The van der Waals surface area contributed by atoms with Crippen LogP contribution in [0.25, 0.3) is 21.5 Å². The maximum Gasteiger partial charge on any atom is 0.257 e. The molecule has 0 unspecified atom stereocenters. The van der Waals surface area contributed by atoms with E-state index in [-0.39, 0.29) is 24.2 Å². The maximum absolute atomic E-state index is 14.3. The van der Waals surface area contributed by atoms with E-state index in [0.29, 0.717) is 38.3 Å². The van der Waals surface area contributed by atoms with E-state index in [4.69, 9.17) is 0 Å². The Hall–Kier alpha value is -4.27. The third kappa shape index (κ3) is 10.9. The second-order valence-corrected chi connectivity index (χ2v) is 13.7. The van der Waals surface area contributed by atoms with Crippen LogP contribution in [-0.4, -0.2) is 54.2 Å². The normalized spacial score (nSPS) is 14.0. The Balaban J connectivity index is 1.56. The highest BCUT2D eigenvalue weighted by Crippen LogP contribution is 2.26. The Bertz CT molecular complexity index is 1600. The number of hydrogen-bond acceptors (Lipinski definition) is 5. The molecule has 5 N–H and O–H groups in total. The summed E-state index contributed by atoms with van der Waals surface area (Å²) in [6.07, 6.45) is 0.159. The van der Waals surface area contributed by atoms with Gasteiger partial charge in [-0.2, -0.15) is 0 Å². The lowest BCUT2D eigenvalue weighted by Crippen LogP contribution is -2.59. The van der Waals surface area contributed by atoms with Gasteiger partial charge in [-0.1, -0.05) is 126 Å². The van der Waals surface area contributed by atoms with E-state index in [0.717, 1.165) is 39.1 Å². The first-order valence-corrected chi connectivity index (χ1v) is 17.8. The van der Waals surface area contributed by atoms with Crippen LogP contribution >= 0.6 is 0 Å². The average molecular weight is 667 g/mol. The SMILES string of the molecule is CCN[C@H](NC(=O)C(Cc1cccc2ccccc12)Cc1cccc2ccccc12)C(=O)N[C@@H](CC(C)C)[C@H](O)CC(=O)NC[C@@H](C)CC. The zero-order chi connectivity index (χ0) is 35.3. The van der Waals surface area contributed by atoms with Crippen molar-refractivity contribution in [3.05, 3.63) is 96.1 Å². The Morgan fingerprint density at radius 2 is 1.27 bits per heavy atom. The van der Waals surface area contributed by atoms with Gasteiger partial charge in [0.1, 0.15) is 0 Å². The molecule has 0 saturated heterocycles. The van der Waals surface area contributed by atoms with Crippen molar-refractivity contribution >= 4 is 39.3 Å². The van der Waals surface area contributed by atoms with Crippen LogP contribution < -0.4 is 21.3 Å². The van der Waals surface area contributed by atoms with Crippen LogP contribution in [0.1, 0.15) is 65.0 Å². The minimum Gasteiger partial charge on any atom is -0.390 e. The van der Waals surface area contributed by atoms with Gasteiger partial charge in [0.05, 0.1) is 18.6 Å². The van der Waals surface area contributed by atoms with Gasteiger partial charge in [0, 0.05) is 12.5 Å². The predicted molar refractivity (Wildman–Crippen MR) is 199 cm³/mol. The molecule has 8 heteroatoms. The molecule has 0 aliphatic rings. The third-order valence-corrected chi connectivity index (χ3v) is 9.28. The van der Waals surface area contributed by atoms with E-state index in [1.54, 1.807) is 0 Å². The summed E-state index contributed by atoms with van der Waals surface area (Å²) in [7, 11) is 0. The molecule has 4 aromatic rings. The summed E-state index contributed by atoms with van der Waals surface area (Å²) in [6.45, 7) is 11.0. The van der Waals surface area contributed by atoms with Crippen molar-refractivity contribution in [1.29, 1.82) is 0 Å². The second kappa shape index (κ2) is 18.5. The van der Waals surface area contributed by atoms with Gasteiger partial charge in [-0.15, -0.1) is 0 Å². The lowest BCUT2D eigenvalue weighted by molar-refractivity contribution is -0.133. The van der Waals surface area contributed by atoms with Crippen LogP contribution in [0.5, 0.6) is 0 Å². The van der Waals surface area contributed by atoms with Gasteiger partial charge >= 0.3 is 0 Å². The summed E-state index contributed by atoms with van der Waals surface area (Å²) in [5.41, 5.74) is 2.13. The van der Waals surface area contributed by atoms with Gasteiger partial charge in [0.2, 0.25) is 11.8 Å². The first kappa shape index (κ1) is 37.5. The Morgan fingerprint density at radius 1 is 0.714 bits per heavy atom. The van der Waals surface area contributed by atoms with Crippen LogP contribution in [-0.2, 0) is 27.2 Å². The number of nitrogens with one attached hydrogen (secondary N) is 4. The lowest BCUT2D eigenvalue weighted by Gasteiger charge is -2.29. The molecule has 262 valence electrons. The quantitative estimate of drug-likeness (QED) is 0.0849. The van der Waals surface area contributed by atoms with Gasteiger partial charge in [-0.3, -0.25) is 19.7 Å². The summed E-state index contributed by atoms with van der Waals surface area (Å²) >= 11 is 0. The molecule has 49 heavy (non-hydrogen) atoms. The molecule has 4 aromatic carbocycles. The number of benzene rings is 4. The van der Waals surface area contributed by atoms with Gasteiger partial charge < -0.3 is 21.1 Å². The van der Waals surface area contributed by atoms with E-state index in [1.807, 2.05) is 57.2 Å². The number of hydrogen-bond donors (Lipinski definition) is 5. The van der Waals surface area contributed by atoms with E-state index < -0.39 is 30.1 Å². The minimum atomic E-state index is -1.08. The number of carbonyl (C=O) groups excluding carboxylic acids is 3. The number of aliphatic hydroxyl groups is 1. The standard InChI is InChI=1S/C41H54N4O4/c1-6-28(5)26-43-38(47)25-37(46)36(22-27(3)4)44-41(49)39(42-7-2)45-40(48)33(23-31-18-12-16-29-14-8-10-20-34(29)31)24-32-19-13-17-30-15-9-11-21-35(30)32/h8-21,27-28,33,36-37,39,42,46H,6-7,22-26H2,1-5H3,(H,43,47)(H,44,49)(H,45,48)/t28-,36-,37+,39+/m0/s1. The average Bonchev–Trinajstić information content (AvgIpc) is 3.09. The fourth-order valence-electron chi connectivity index (χ4n) is 6.33. The molecule has 0 bridgehead atoms. The number of rotatable bonds is 18. The van der Waals surface area contributed by atoms with Crippen molar-refractivity contribution in [3.63, 3.8) is 0 Å². The lowest BCUT2D eigenvalue weighted by atomic mass is 9.88. The zero-order valence-electron chi connectivity index (χ0n) is 29.7. The second-order valence-electron chi connectivity index (χ2n) is 13.7. The van der Waals surface area contributed by atoms with Crippen molar-refractivity contribution < 1.29 is 19.5 Å². The molecule has 4 rings (SSSR count). The fourth-order valence-corrected chi connectivity index (χ4v) is 6.33. The summed E-state index contributed by atoms with van der Waals surface area (Å²) in [4.78, 5) is 40.7. The van der Waals surface area contributed by atoms with E-state index in [9.17, 15) is 19.5 Å². The monoisotopic (exact) mass is 666 g/mol. The molecule has 0 radical (unpaired) electrons. The van der Waals surface area contributed by atoms with Gasteiger partial charge in [0.25, 0.3) is 5.91 Å². The molecule has 0 aliphatic heterocycles. The number of amides is 3. The molecular weight excluding hydrogens is 612 g/mol. The Morgan fingerprint density at radius 3 is 1.80 bits per heavy atom. The van der Waals surface area contributed by atoms with Crippen LogP contribution in [0.4, 0.5) is 0 Å². The maximum atomic E-state index is 14.3. The summed E-state index contributed by atoms with van der Waals surface area (Å²) in [6, 6.07) is 28.0. The summed E-state index contributed by atoms with van der Waals surface area (Å²) in [5, 5.41) is 27.5. The van der Waals surface area contributed by atoms with E-state index >= 15 is 0 Å². The topological polar surface area (TPSA) is 120 Å². The molecule has 0 saturated carbocycles. The Kier molecular flexibility index (Phi) is 14.2. The van der Waals surface area contributed by atoms with Gasteiger partial charge in [-0.05, 0) is 70.3 Å². The number of aliphatic hydroxyl groups excluding tert-OH is 1. The van der Waals surface area contributed by atoms with Crippen molar-refractivity contribution in [3.8, 4) is 0 Å².